The number of amides is 1. The van der Waals surface area contributed by atoms with Crippen LogP contribution in [-0.2, 0) is 25.1 Å². The molecule has 0 radical (unpaired) electrons. The summed E-state index contributed by atoms with van der Waals surface area (Å²) in [5.74, 6) is -0.0553. The van der Waals surface area contributed by atoms with E-state index < -0.39 is 16.0 Å². The Labute approximate surface area is 110 Å². The van der Waals surface area contributed by atoms with Gasteiger partial charge in [-0.05, 0) is 32.1 Å². The highest BCUT2D eigenvalue weighted by Gasteiger charge is 2.46. The summed E-state index contributed by atoms with van der Waals surface area (Å²) in [5, 5.41) is 2.13. The lowest BCUT2D eigenvalue weighted by Crippen LogP contribution is -2.37. The molecule has 1 saturated carbocycles. The van der Waals surface area contributed by atoms with Crippen molar-refractivity contribution in [1.82, 2.24) is 5.32 Å². The van der Waals surface area contributed by atoms with Crippen molar-refractivity contribution in [3.05, 3.63) is 0 Å². The third kappa shape index (κ3) is 4.08. The van der Waals surface area contributed by atoms with Crippen LogP contribution in [0, 0.1) is 5.41 Å². The molecule has 1 aliphatic carbocycles. The number of hydrogen-bond acceptors (Lipinski definition) is 4. The topological polar surface area (TPSA) is 72.5 Å². The molecule has 0 spiro atoms. The van der Waals surface area contributed by atoms with E-state index in [1.54, 1.807) is 6.92 Å². The highest BCUT2D eigenvalue weighted by molar-refractivity contribution is 7.86. The fraction of sp³-hybridized carbons (Fsp3) is 0.833. The molecule has 1 N–H and O–H groups in total. The number of rotatable bonds is 7. The Bertz CT molecular complexity index is 352. The van der Waals surface area contributed by atoms with Crippen molar-refractivity contribution in [3.63, 3.8) is 0 Å². The zero-order valence-corrected chi connectivity index (χ0v) is 12.0. The molecule has 6 heteroatoms. The molecule has 1 amide bonds. The van der Waals surface area contributed by atoms with Gasteiger partial charge in [-0.25, -0.2) is 0 Å². The Morgan fingerprint density at radius 2 is 2.06 bits per heavy atom. The normalized spacial score (nSPS) is 19.7. The van der Waals surface area contributed by atoms with E-state index in [9.17, 15) is 13.8 Å². The highest BCUT2D eigenvalue weighted by atomic mass is 32.2. The van der Waals surface area contributed by atoms with Crippen LogP contribution in [0.4, 0.5) is 0 Å². The van der Waals surface area contributed by atoms with Crippen molar-refractivity contribution in [2.24, 2.45) is 5.41 Å². The number of carbonyl (C=O) groups excluding carboxylic acids is 2. The molecule has 104 valence electrons. The molecule has 0 aromatic carbocycles. The summed E-state index contributed by atoms with van der Waals surface area (Å²) >= 11 is 0. The average Bonchev–Trinajstić information content (AvgIpc) is 3.07. The highest BCUT2D eigenvalue weighted by Crippen LogP contribution is 2.49. The maximum absolute atomic E-state index is 12.1. The standard InChI is InChI=1S/C12H21NO4S/c1-4-13-11(15)9(2)18(16)8-12(5-6-12)7-10(14)17-3/h9H,4-8H2,1-3H3,(H,13,15). The molecule has 5 nitrogen and oxygen atoms in total. The smallest absolute Gasteiger partial charge is 0.306 e. The van der Waals surface area contributed by atoms with Crippen molar-refractivity contribution in [2.75, 3.05) is 19.4 Å². The van der Waals surface area contributed by atoms with Crippen LogP contribution in [0.15, 0.2) is 0 Å². The Morgan fingerprint density at radius 3 is 2.50 bits per heavy atom. The fourth-order valence-electron chi connectivity index (χ4n) is 1.79. The van der Waals surface area contributed by atoms with E-state index in [0.717, 1.165) is 12.8 Å². The summed E-state index contributed by atoms with van der Waals surface area (Å²) < 4.78 is 16.7. The lowest BCUT2D eigenvalue weighted by Gasteiger charge is -2.16. The first kappa shape index (κ1) is 15.1. The lowest BCUT2D eigenvalue weighted by molar-refractivity contribution is -0.141. The first-order valence-corrected chi connectivity index (χ1v) is 7.54. The van der Waals surface area contributed by atoms with Gasteiger partial charge in [-0.2, -0.15) is 0 Å². The maximum Gasteiger partial charge on any atom is 0.306 e. The average molecular weight is 275 g/mol. The second-order valence-corrected chi connectivity index (χ2v) is 6.57. The summed E-state index contributed by atoms with van der Waals surface area (Å²) in [6.07, 6.45) is 2.07. The molecular formula is C12H21NO4S. The van der Waals surface area contributed by atoms with Gasteiger partial charge in [-0.1, -0.05) is 0 Å². The Balaban J connectivity index is 2.49. The Kier molecular flexibility index (Phi) is 5.31. The third-order valence-electron chi connectivity index (χ3n) is 3.27. The van der Waals surface area contributed by atoms with Crippen LogP contribution < -0.4 is 5.32 Å². The van der Waals surface area contributed by atoms with Gasteiger partial charge in [0.25, 0.3) is 0 Å². The Morgan fingerprint density at radius 1 is 1.44 bits per heavy atom. The number of carbonyl (C=O) groups is 2. The van der Waals surface area contributed by atoms with Crippen molar-refractivity contribution >= 4 is 22.7 Å². The Hall–Kier alpha value is -0.910. The monoisotopic (exact) mass is 275 g/mol. The van der Waals surface area contributed by atoms with Gasteiger partial charge in [0.1, 0.15) is 5.25 Å². The van der Waals surface area contributed by atoms with Crippen LogP contribution >= 0.6 is 0 Å². The molecule has 0 aromatic rings. The van der Waals surface area contributed by atoms with Gasteiger partial charge in [-0.3, -0.25) is 13.8 Å². The number of esters is 1. The van der Waals surface area contributed by atoms with Gasteiger partial charge in [0.2, 0.25) is 5.91 Å². The largest absolute Gasteiger partial charge is 0.469 e. The van der Waals surface area contributed by atoms with Crippen molar-refractivity contribution in [3.8, 4) is 0 Å². The summed E-state index contributed by atoms with van der Waals surface area (Å²) in [4.78, 5) is 22.8. The minimum absolute atomic E-state index is 0.190. The van der Waals surface area contributed by atoms with E-state index in [1.807, 2.05) is 6.92 Å². The van der Waals surface area contributed by atoms with Crippen LogP contribution in [0.25, 0.3) is 0 Å². The van der Waals surface area contributed by atoms with E-state index in [0.29, 0.717) is 18.7 Å². The summed E-state index contributed by atoms with van der Waals surface area (Å²) in [6, 6.07) is 0. The van der Waals surface area contributed by atoms with Crippen LogP contribution in [0.5, 0.6) is 0 Å². The third-order valence-corrected chi connectivity index (χ3v) is 5.17. The molecule has 2 unspecified atom stereocenters. The van der Waals surface area contributed by atoms with Gasteiger partial charge in [0.05, 0.1) is 13.5 Å². The predicted octanol–water partition coefficient (Wildman–Crippen LogP) is 0.603. The molecule has 1 fully saturated rings. The minimum atomic E-state index is -1.24. The summed E-state index contributed by atoms with van der Waals surface area (Å²) in [5.41, 5.74) is -0.196. The SMILES string of the molecule is CCNC(=O)C(C)S(=O)CC1(CC(=O)OC)CC1. The molecule has 0 bridgehead atoms. The molecular weight excluding hydrogens is 254 g/mol. The molecule has 0 aromatic heterocycles. The predicted molar refractivity (Wildman–Crippen MR) is 69.5 cm³/mol. The number of ether oxygens (including phenoxy) is 1. The van der Waals surface area contributed by atoms with Crippen molar-refractivity contribution in [2.45, 2.75) is 38.4 Å². The van der Waals surface area contributed by atoms with E-state index in [4.69, 9.17) is 0 Å². The first-order chi connectivity index (χ1) is 8.44. The molecule has 0 heterocycles. The minimum Gasteiger partial charge on any atom is -0.469 e. The molecule has 2 atom stereocenters. The maximum atomic E-state index is 12.1. The quantitative estimate of drug-likeness (QED) is 0.691. The second kappa shape index (κ2) is 6.31. The van der Waals surface area contributed by atoms with Crippen LogP contribution in [0.1, 0.15) is 33.1 Å². The molecule has 18 heavy (non-hydrogen) atoms. The van der Waals surface area contributed by atoms with Crippen LogP contribution in [0.3, 0.4) is 0 Å². The second-order valence-electron chi connectivity index (χ2n) is 4.81. The van der Waals surface area contributed by atoms with E-state index in [2.05, 4.69) is 10.1 Å². The zero-order valence-electron chi connectivity index (χ0n) is 11.2. The van der Waals surface area contributed by atoms with Gasteiger partial charge in [0.15, 0.2) is 0 Å². The van der Waals surface area contributed by atoms with Gasteiger partial charge >= 0.3 is 5.97 Å². The summed E-state index contributed by atoms with van der Waals surface area (Å²) in [7, 11) is 0.112. The number of hydrogen-bond donors (Lipinski definition) is 1. The van der Waals surface area contributed by atoms with Gasteiger partial charge in [-0.15, -0.1) is 0 Å². The van der Waals surface area contributed by atoms with E-state index >= 15 is 0 Å². The van der Waals surface area contributed by atoms with E-state index in [-0.39, 0.29) is 17.3 Å². The number of methoxy groups -OCH3 is 1. The van der Waals surface area contributed by atoms with Crippen molar-refractivity contribution < 1.29 is 18.5 Å². The molecule has 1 rings (SSSR count). The van der Waals surface area contributed by atoms with Crippen LogP contribution in [0.2, 0.25) is 0 Å². The van der Waals surface area contributed by atoms with Gasteiger partial charge < -0.3 is 10.1 Å². The molecule has 1 aliphatic rings. The van der Waals surface area contributed by atoms with E-state index in [1.165, 1.54) is 7.11 Å². The van der Waals surface area contributed by atoms with Crippen LogP contribution in [-0.4, -0.2) is 40.7 Å². The molecule has 0 saturated heterocycles. The fourth-order valence-corrected chi connectivity index (χ4v) is 3.36. The summed E-state index contributed by atoms with van der Waals surface area (Å²) in [6.45, 7) is 4.02. The van der Waals surface area contributed by atoms with Gasteiger partial charge in [0, 0.05) is 23.1 Å². The first-order valence-electron chi connectivity index (χ1n) is 6.16. The molecule has 0 aliphatic heterocycles. The number of nitrogens with one attached hydrogen (secondary N) is 1. The lowest BCUT2D eigenvalue weighted by atomic mass is 10.1. The zero-order chi connectivity index (χ0) is 13.8. The van der Waals surface area contributed by atoms with Crippen molar-refractivity contribution in [1.29, 1.82) is 0 Å².